The highest BCUT2D eigenvalue weighted by molar-refractivity contribution is 6.31. The predicted molar refractivity (Wildman–Crippen MR) is 93.7 cm³/mol. The number of halogens is 1. The van der Waals surface area contributed by atoms with Crippen LogP contribution in [0.15, 0.2) is 59.7 Å². The van der Waals surface area contributed by atoms with Gasteiger partial charge in [0, 0.05) is 10.9 Å². The maximum absolute atomic E-state index is 12.3. The molecule has 4 heteroatoms. The normalized spacial score (nSPS) is 20.2. The lowest BCUT2D eigenvalue weighted by Gasteiger charge is -2.06. The van der Waals surface area contributed by atoms with Crippen LogP contribution in [0.25, 0.3) is 0 Å². The molecule has 1 amide bonds. The van der Waals surface area contributed by atoms with Gasteiger partial charge in [-0.1, -0.05) is 61.0 Å². The summed E-state index contributed by atoms with van der Waals surface area (Å²) in [5.74, 6) is 0.341. The maximum Gasteiger partial charge on any atom is 0.243 e. The number of carbonyl (C=O) groups is 1. The topological polar surface area (TPSA) is 41.5 Å². The summed E-state index contributed by atoms with van der Waals surface area (Å²) in [4.78, 5) is 12.3. The summed E-state index contributed by atoms with van der Waals surface area (Å²) in [5, 5.41) is 4.97. The molecule has 1 fully saturated rings. The van der Waals surface area contributed by atoms with Gasteiger partial charge in [0.15, 0.2) is 0 Å². The molecule has 0 saturated heterocycles. The Morgan fingerprint density at radius 1 is 1.22 bits per heavy atom. The standard InChI is InChI=1S/C19H19ClN2O/c1-2-18(14-9-6-10-15(20)11-14)21-22-19(23)17-12-16(17)13-7-4-3-5-8-13/h3-11,16-17H,2,12H2,1H3,(H,22,23)/b21-18+. The average molecular weight is 327 g/mol. The largest absolute Gasteiger partial charge is 0.273 e. The smallest absolute Gasteiger partial charge is 0.243 e. The minimum Gasteiger partial charge on any atom is -0.273 e. The van der Waals surface area contributed by atoms with E-state index in [0.29, 0.717) is 10.9 Å². The van der Waals surface area contributed by atoms with E-state index in [1.807, 2.05) is 49.4 Å². The van der Waals surface area contributed by atoms with E-state index < -0.39 is 0 Å². The van der Waals surface area contributed by atoms with Gasteiger partial charge >= 0.3 is 0 Å². The molecule has 2 atom stereocenters. The van der Waals surface area contributed by atoms with Crippen molar-refractivity contribution < 1.29 is 4.79 Å². The second-order valence-corrected chi connectivity index (χ2v) is 6.19. The minimum absolute atomic E-state index is 0.00756. The predicted octanol–water partition coefficient (Wildman–Crippen LogP) is 4.37. The van der Waals surface area contributed by atoms with Crippen LogP contribution >= 0.6 is 11.6 Å². The molecule has 0 bridgehead atoms. The van der Waals surface area contributed by atoms with Gasteiger partial charge < -0.3 is 0 Å². The highest BCUT2D eigenvalue weighted by Crippen LogP contribution is 2.47. The molecule has 3 rings (SSSR count). The van der Waals surface area contributed by atoms with Gasteiger partial charge in [-0.05, 0) is 42.0 Å². The van der Waals surface area contributed by atoms with Crippen LogP contribution in [0.5, 0.6) is 0 Å². The lowest BCUT2D eigenvalue weighted by Crippen LogP contribution is -2.22. The lowest BCUT2D eigenvalue weighted by atomic mass is 10.1. The summed E-state index contributed by atoms with van der Waals surface area (Å²) in [6.45, 7) is 2.01. The molecular formula is C19H19ClN2O. The molecule has 3 nitrogen and oxygen atoms in total. The van der Waals surface area contributed by atoms with Crippen molar-refractivity contribution in [1.82, 2.24) is 5.43 Å². The number of rotatable bonds is 5. The van der Waals surface area contributed by atoms with Crippen molar-refractivity contribution in [2.24, 2.45) is 11.0 Å². The van der Waals surface area contributed by atoms with Crippen molar-refractivity contribution in [2.75, 3.05) is 0 Å². The molecule has 2 unspecified atom stereocenters. The summed E-state index contributed by atoms with van der Waals surface area (Å²) in [7, 11) is 0. The third-order valence-corrected chi connectivity index (χ3v) is 4.38. The Balaban J connectivity index is 1.64. The zero-order valence-corrected chi connectivity index (χ0v) is 13.8. The Hall–Kier alpha value is -2.13. The van der Waals surface area contributed by atoms with Crippen LogP contribution in [0.1, 0.15) is 36.8 Å². The number of hydrazone groups is 1. The monoisotopic (exact) mass is 326 g/mol. The lowest BCUT2D eigenvalue weighted by molar-refractivity contribution is -0.122. The Labute approximate surface area is 141 Å². The van der Waals surface area contributed by atoms with E-state index in [1.54, 1.807) is 0 Å². The Kier molecular flexibility index (Phi) is 4.77. The number of carbonyl (C=O) groups excluding carboxylic acids is 1. The van der Waals surface area contributed by atoms with Crippen LogP contribution in [-0.4, -0.2) is 11.6 Å². The van der Waals surface area contributed by atoms with Crippen LogP contribution in [0.4, 0.5) is 0 Å². The molecule has 2 aromatic carbocycles. The van der Waals surface area contributed by atoms with Crippen LogP contribution in [-0.2, 0) is 4.79 Å². The van der Waals surface area contributed by atoms with E-state index in [2.05, 4.69) is 22.7 Å². The average Bonchev–Trinajstić information content (AvgIpc) is 3.37. The molecule has 0 radical (unpaired) electrons. The van der Waals surface area contributed by atoms with Gasteiger partial charge in [0.25, 0.3) is 0 Å². The van der Waals surface area contributed by atoms with Gasteiger partial charge in [-0.2, -0.15) is 5.10 Å². The van der Waals surface area contributed by atoms with Gasteiger partial charge in [-0.3, -0.25) is 4.79 Å². The third-order valence-electron chi connectivity index (χ3n) is 4.15. The zero-order valence-electron chi connectivity index (χ0n) is 13.0. The molecule has 1 aliphatic carbocycles. The number of nitrogens with zero attached hydrogens (tertiary/aromatic N) is 1. The fraction of sp³-hybridized carbons (Fsp3) is 0.263. The molecule has 0 aliphatic heterocycles. The van der Waals surface area contributed by atoms with Crippen LogP contribution in [0.3, 0.4) is 0 Å². The molecule has 0 spiro atoms. The molecule has 1 N–H and O–H groups in total. The fourth-order valence-electron chi connectivity index (χ4n) is 2.77. The number of benzene rings is 2. The third kappa shape index (κ3) is 3.80. The first-order valence-electron chi connectivity index (χ1n) is 7.86. The number of nitrogens with one attached hydrogen (secondary N) is 1. The van der Waals surface area contributed by atoms with E-state index in [0.717, 1.165) is 24.1 Å². The van der Waals surface area contributed by atoms with E-state index in [-0.39, 0.29) is 11.8 Å². The molecule has 1 saturated carbocycles. The second kappa shape index (κ2) is 6.97. The molecule has 0 aromatic heterocycles. The molecule has 118 valence electrons. The minimum atomic E-state index is -0.00756. The van der Waals surface area contributed by atoms with Crippen LogP contribution in [0.2, 0.25) is 5.02 Å². The molecule has 23 heavy (non-hydrogen) atoms. The summed E-state index contributed by atoms with van der Waals surface area (Å²) in [6, 6.07) is 17.7. The summed E-state index contributed by atoms with van der Waals surface area (Å²) in [6.07, 6.45) is 1.62. The van der Waals surface area contributed by atoms with E-state index in [4.69, 9.17) is 11.6 Å². The summed E-state index contributed by atoms with van der Waals surface area (Å²) < 4.78 is 0. The van der Waals surface area contributed by atoms with Crippen molar-refractivity contribution in [1.29, 1.82) is 0 Å². The molecular weight excluding hydrogens is 308 g/mol. The quantitative estimate of drug-likeness (QED) is 0.643. The van der Waals surface area contributed by atoms with Crippen molar-refractivity contribution in [3.63, 3.8) is 0 Å². The van der Waals surface area contributed by atoms with Crippen molar-refractivity contribution in [3.05, 3.63) is 70.7 Å². The Morgan fingerprint density at radius 2 is 2.00 bits per heavy atom. The van der Waals surface area contributed by atoms with Gasteiger partial charge in [0.05, 0.1) is 5.71 Å². The first-order valence-corrected chi connectivity index (χ1v) is 8.24. The van der Waals surface area contributed by atoms with E-state index >= 15 is 0 Å². The Morgan fingerprint density at radius 3 is 2.70 bits per heavy atom. The highest BCUT2D eigenvalue weighted by atomic mass is 35.5. The van der Waals surface area contributed by atoms with Crippen molar-refractivity contribution in [2.45, 2.75) is 25.7 Å². The van der Waals surface area contributed by atoms with Crippen LogP contribution in [0, 0.1) is 5.92 Å². The summed E-state index contributed by atoms with van der Waals surface area (Å²) >= 11 is 6.01. The zero-order chi connectivity index (χ0) is 16.2. The SMILES string of the molecule is CC/C(=N\NC(=O)C1CC1c1ccccc1)c1cccc(Cl)c1. The van der Waals surface area contributed by atoms with Gasteiger partial charge in [-0.15, -0.1) is 0 Å². The van der Waals surface area contributed by atoms with E-state index in [9.17, 15) is 4.79 Å². The maximum atomic E-state index is 12.3. The molecule has 0 heterocycles. The first kappa shape index (κ1) is 15.8. The number of hydrogen-bond donors (Lipinski definition) is 1. The van der Waals surface area contributed by atoms with E-state index in [1.165, 1.54) is 5.56 Å². The van der Waals surface area contributed by atoms with Gasteiger partial charge in [0.2, 0.25) is 5.91 Å². The van der Waals surface area contributed by atoms with Gasteiger partial charge in [-0.25, -0.2) is 5.43 Å². The Bertz CT molecular complexity index is 727. The second-order valence-electron chi connectivity index (χ2n) is 5.76. The van der Waals surface area contributed by atoms with Crippen molar-refractivity contribution in [3.8, 4) is 0 Å². The first-order chi connectivity index (χ1) is 11.2. The van der Waals surface area contributed by atoms with Gasteiger partial charge in [0.1, 0.15) is 0 Å². The molecule has 1 aliphatic rings. The fourth-order valence-corrected chi connectivity index (χ4v) is 2.96. The molecule has 2 aromatic rings. The highest BCUT2D eigenvalue weighted by Gasteiger charge is 2.43. The number of amides is 1. The van der Waals surface area contributed by atoms with Crippen LogP contribution < -0.4 is 5.43 Å². The van der Waals surface area contributed by atoms with Crippen molar-refractivity contribution >= 4 is 23.2 Å². The summed E-state index contributed by atoms with van der Waals surface area (Å²) in [5.41, 5.74) is 5.72. The number of hydrogen-bond acceptors (Lipinski definition) is 2.